The van der Waals surface area contributed by atoms with Gasteiger partial charge < -0.3 is 14.8 Å². The molecule has 3 atom stereocenters. The van der Waals surface area contributed by atoms with E-state index in [-0.39, 0.29) is 11.4 Å². The molecule has 4 aromatic rings. The number of anilines is 1. The molecule has 2 heterocycles. The lowest BCUT2D eigenvalue weighted by Gasteiger charge is -2.27. The molecular formula is C32H30N2O6S2. The van der Waals surface area contributed by atoms with Crippen LogP contribution in [0.15, 0.2) is 94.7 Å². The van der Waals surface area contributed by atoms with Gasteiger partial charge in [0.2, 0.25) is 10.0 Å². The number of amides is 1. The fourth-order valence-corrected chi connectivity index (χ4v) is 8.40. The first-order valence-electron chi connectivity index (χ1n) is 13.7. The number of fused-ring (bicyclic) bond motifs is 2. The van der Waals surface area contributed by atoms with Gasteiger partial charge in [-0.15, -0.1) is 11.8 Å². The maximum absolute atomic E-state index is 13.8. The van der Waals surface area contributed by atoms with Crippen LogP contribution in [0.1, 0.15) is 29.2 Å². The molecule has 8 nitrogen and oxygen atoms in total. The zero-order valence-corrected chi connectivity index (χ0v) is 24.8. The first kappa shape index (κ1) is 28.3. The number of thioether (sulfide) groups is 1. The predicted molar refractivity (Wildman–Crippen MR) is 162 cm³/mol. The Hall–Kier alpha value is -3.86. The number of hydrogen-bond acceptors (Lipinski definition) is 7. The Kier molecular flexibility index (Phi) is 7.69. The third-order valence-corrected chi connectivity index (χ3v) is 11.0. The topological polar surface area (TPSA) is 102 Å². The highest BCUT2D eigenvalue weighted by atomic mass is 32.2. The van der Waals surface area contributed by atoms with Crippen molar-refractivity contribution in [2.24, 2.45) is 0 Å². The van der Waals surface area contributed by atoms with Gasteiger partial charge in [0.25, 0.3) is 5.91 Å². The summed E-state index contributed by atoms with van der Waals surface area (Å²) >= 11 is 1.39. The minimum atomic E-state index is -3.99. The standard InChI is InChI=1S/C32H30N2O6S2/c1-20-9-11-22(12-10-20)30-29(31(35)33-26-16-14-24(39-2)19-28(26)41-30)40-32(36)27-8-5-17-34(27)42(37,38)25-15-13-21-6-3-4-7-23(21)18-25/h3-4,6-7,9-16,18-19,27,29-30H,5,8,17H2,1-2H3,(H,33,35)/t27-,29+,30-/m0/s1. The summed E-state index contributed by atoms with van der Waals surface area (Å²) in [5, 5.41) is 4.03. The van der Waals surface area contributed by atoms with Crippen LogP contribution in [0, 0.1) is 6.92 Å². The molecule has 4 aromatic carbocycles. The Labute approximate surface area is 249 Å². The second-order valence-electron chi connectivity index (χ2n) is 10.4. The Balaban J connectivity index is 1.30. The van der Waals surface area contributed by atoms with Crippen LogP contribution in [-0.2, 0) is 24.3 Å². The van der Waals surface area contributed by atoms with E-state index in [1.807, 2.05) is 61.5 Å². The maximum Gasteiger partial charge on any atom is 0.325 e. The Morgan fingerprint density at radius 3 is 2.50 bits per heavy atom. The SMILES string of the molecule is COc1ccc2c(c1)S[C@@H](c1ccc(C)cc1)[C@@H](OC(=O)[C@@H]1CCCN1S(=O)(=O)c1ccc3ccccc3c1)C(=O)N2. The molecule has 1 fully saturated rings. The number of hydrogen-bond donors (Lipinski definition) is 1. The number of aryl methyl sites for hydroxylation is 1. The summed E-state index contributed by atoms with van der Waals surface area (Å²) in [6.07, 6.45) is -0.390. The highest BCUT2D eigenvalue weighted by Gasteiger charge is 2.44. The minimum absolute atomic E-state index is 0.116. The summed E-state index contributed by atoms with van der Waals surface area (Å²) in [5.41, 5.74) is 2.45. The Morgan fingerprint density at radius 1 is 0.976 bits per heavy atom. The van der Waals surface area contributed by atoms with Gasteiger partial charge in [0.15, 0.2) is 6.10 Å². The van der Waals surface area contributed by atoms with Crippen LogP contribution >= 0.6 is 11.8 Å². The second kappa shape index (κ2) is 11.4. The van der Waals surface area contributed by atoms with E-state index in [1.165, 1.54) is 16.1 Å². The van der Waals surface area contributed by atoms with Gasteiger partial charge in [-0.05, 0) is 66.4 Å². The Morgan fingerprint density at radius 2 is 1.74 bits per heavy atom. The van der Waals surface area contributed by atoms with E-state index >= 15 is 0 Å². The zero-order chi connectivity index (χ0) is 29.4. The molecule has 6 rings (SSSR count). The smallest absolute Gasteiger partial charge is 0.325 e. The summed E-state index contributed by atoms with van der Waals surface area (Å²) in [6, 6.07) is 24.5. The number of carbonyl (C=O) groups is 2. The number of rotatable bonds is 6. The highest BCUT2D eigenvalue weighted by Crippen LogP contribution is 2.46. The molecule has 0 aliphatic carbocycles. The number of methoxy groups -OCH3 is 1. The third-order valence-electron chi connectivity index (χ3n) is 7.69. The van der Waals surface area contributed by atoms with Crippen LogP contribution in [-0.4, -0.2) is 50.4 Å². The average Bonchev–Trinajstić information content (AvgIpc) is 3.46. The van der Waals surface area contributed by atoms with Crippen molar-refractivity contribution in [3.05, 3.63) is 96.1 Å². The van der Waals surface area contributed by atoms with Crippen molar-refractivity contribution in [3.8, 4) is 5.75 Å². The molecule has 42 heavy (non-hydrogen) atoms. The van der Waals surface area contributed by atoms with Crippen LogP contribution in [0.3, 0.4) is 0 Å². The van der Waals surface area contributed by atoms with Gasteiger partial charge in [0.05, 0.1) is 22.9 Å². The predicted octanol–water partition coefficient (Wildman–Crippen LogP) is 5.71. The lowest BCUT2D eigenvalue weighted by molar-refractivity contribution is -0.157. The largest absolute Gasteiger partial charge is 0.497 e. The molecule has 0 saturated carbocycles. The summed E-state index contributed by atoms with van der Waals surface area (Å²) in [6.45, 7) is 2.16. The Bertz CT molecular complexity index is 1770. The average molecular weight is 603 g/mol. The van der Waals surface area contributed by atoms with Gasteiger partial charge in [-0.2, -0.15) is 4.31 Å². The maximum atomic E-state index is 13.8. The second-order valence-corrected chi connectivity index (χ2v) is 13.5. The van der Waals surface area contributed by atoms with Crippen molar-refractivity contribution in [1.29, 1.82) is 0 Å². The van der Waals surface area contributed by atoms with E-state index in [0.29, 0.717) is 24.3 Å². The molecule has 0 radical (unpaired) electrons. The molecule has 0 unspecified atom stereocenters. The molecule has 2 aliphatic heterocycles. The molecule has 216 valence electrons. The molecule has 0 aromatic heterocycles. The van der Waals surface area contributed by atoms with Crippen molar-refractivity contribution < 1.29 is 27.5 Å². The van der Waals surface area contributed by atoms with Gasteiger partial charge in [-0.3, -0.25) is 9.59 Å². The van der Waals surface area contributed by atoms with E-state index in [2.05, 4.69) is 5.32 Å². The number of nitrogens with zero attached hydrogens (tertiary/aromatic N) is 1. The van der Waals surface area contributed by atoms with Crippen molar-refractivity contribution in [1.82, 2.24) is 4.31 Å². The normalized spacial score (nSPS) is 20.9. The van der Waals surface area contributed by atoms with Crippen molar-refractivity contribution in [2.45, 2.75) is 47.0 Å². The van der Waals surface area contributed by atoms with Crippen LogP contribution in [0.4, 0.5) is 5.69 Å². The molecule has 1 saturated heterocycles. The van der Waals surface area contributed by atoms with Crippen molar-refractivity contribution >= 4 is 50.1 Å². The number of ether oxygens (including phenoxy) is 2. The minimum Gasteiger partial charge on any atom is -0.497 e. The van der Waals surface area contributed by atoms with Gasteiger partial charge in [-0.1, -0.05) is 60.2 Å². The van der Waals surface area contributed by atoms with Crippen molar-refractivity contribution in [2.75, 3.05) is 19.0 Å². The first-order chi connectivity index (χ1) is 20.2. The van der Waals surface area contributed by atoms with Crippen LogP contribution in [0.2, 0.25) is 0 Å². The van der Waals surface area contributed by atoms with E-state index in [4.69, 9.17) is 9.47 Å². The lowest BCUT2D eigenvalue weighted by atomic mass is 10.0. The van der Waals surface area contributed by atoms with Crippen LogP contribution in [0.5, 0.6) is 5.75 Å². The van der Waals surface area contributed by atoms with E-state index in [0.717, 1.165) is 26.8 Å². The van der Waals surface area contributed by atoms with E-state index in [1.54, 1.807) is 37.4 Å². The number of sulfonamides is 1. The van der Waals surface area contributed by atoms with E-state index in [9.17, 15) is 18.0 Å². The number of nitrogens with one attached hydrogen (secondary N) is 1. The molecule has 10 heteroatoms. The third kappa shape index (κ3) is 5.37. The highest BCUT2D eigenvalue weighted by molar-refractivity contribution is 7.99. The van der Waals surface area contributed by atoms with Gasteiger partial charge in [0, 0.05) is 11.4 Å². The molecule has 0 spiro atoms. The van der Waals surface area contributed by atoms with Crippen molar-refractivity contribution in [3.63, 3.8) is 0 Å². The van der Waals surface area contributed by atoms with Crippen LogP contribution < -0.4 is 10.1 Å². The molecule has 0 bridgehead atoms. The zero-order valence-electron chi connectivity index (χ0n) is 23.1. The van der Waals surface area contributed by atoms with Gasteiger partial charge in [-0.25, -0.2) is 8.42 Å². The molecule has 2 aliphatic rings. The lowest BCUT2D eigenvalue weighted by Crippen LogP contribution is -2.45. The van der Waals surface area contributed by atoms with Crippen LogP contribution in [0.25, 0.3) is 10.8 Å². The first-order valence-corrected chi connectivity index (χ1v) is 16.0. The van der Waals surface area contributed by atoms with Gasteiger partial charge >= 0.3 is 5.97 Å². The van der Waals surface area contributed by atoms with E-state index < -0.39 is 39.3 Å². The fraction of sp³-hybridized carbons (Fsp3) is 0.250. The summed E-state index contributed by atoms with van der Waals surface area (Å²) < 4.78 is 40.1. The fourth-order valence-electron chi connectivity index (χ4n) is 5.41. The summed E-state index contributed by atoms with van der Waals surface area (Å²) in [4.78, 5) is 28.2. The monoisotopic (exact) mass is 602 g/mol. The molecule has 1 N–H and O–H groups in total. The summed E-state index contributed by atoms with van der Waals surface area (Å²) in [7, 11) is -2.42. The number of carbonyl (C=O) groups excluding carboxylic acids is 2. The quantitative estimate of drug-likeness (QED) is 0.282. The molecule has 1 amide bonds. The summed E-state index contributed by atoms with van der Waals surface area (Å²) in [5.74, 6) is -0.584. The molecular weight excluding hydrogens is 572 g/mol. The van der Waals surface area contributed by atoms with Gasteiger partial charge in [0.1, 0.15) is 11.8 Å². The number of benzene rings is 4. The number of esters is 1.